The zero-order valence-electron chi connectivity index (χ0n) is 29.7. The molecule has 0 unspecified atom stereocenters. The first-order valence-electron chi connectivity index (χ1n) is 17.8. The first-order chi connectivity index (χ1) is 25.4. The van der Waals surface area contributed by atoms with Crippen LogP contribution in [-0.2, 0) is 0 Å². The summed E-state index contributed by atoms with van der Waals surface area (Å²) in [5.74, 6) is 1.91. The number of benzene rings is 7. The lowest BCUT2D eigenvalue weighted by atomic mass is 9.98. The Morgan fingerprint density at radius 2 is 0.558 bits per heavy atom. The largest absolute Gasteiger partial charge is 0.208 e. The van der Waals surface area contributed by atoms with E-state index in [-0.39, 0.29) is 0 Å². The lowest BCUT2D eigenvalue weighted by Gasteiger charge is -2.17. The molecule has 4 heteroatoms. The molecule has 0 saturated heterocycles. The Hall–Kier alpha value is -6.23. The van der Waals surface area contributed by atoms with E-state index in [9.17, 15) is 0 Å². The van der Waals surface area contributed by atoms with Crippen LogP contribution in [0.25, 0.3) is 78.7 Å². The van der Waals surface area contributed by atoms with E-state index >= 15 is 0 Å². The van der Waals surface area contributed by atoms with E-state index in [0.717, 1.165) is 44.5 Å². The Labute approximate surface area is 307 Å². The van der Waals surface area contributed by atoms with E-state index in [2.05, 4.69) is 189 Å². The molecule has 250 valence electrons. The molecule has 0 aliphatic carbocycles. The summed E-state index contributed by atoms with van der Waals surface area (Å²) < 4.78 is 0. The standard InChI is InChI=1S/C48H39N3Si/c1-52(2,3)45-29-27-37(28-30-45)39-17-10-19-41(31-39)42-20-12-22-44(33-42)48-50-46(38-25-23-36(24-26-38)34-13-6-4-7-14-34)49-47(51-48)43-21-11-18-40(32-43)35-15-8-5-9-16-35/h4-33H,1-3H3. The van der Waals surface area contributed by atoms with Gasteiger partial charge in [0.25, 0.3) is 0 Å². The van der Waals surface area contributed by atoms with Crippen LogP contribution in [-0.4, -0.2) is 23.0 Å². The lowest BCUT2D eigenvalue weighted by molar-refractivity contribution is 1.07. The van der Waals surface area contributed by atoms with Crippen molar-refractivity contribution >= 4 is 13.3 Å². The minimum Gasteiger partial charge on any atom is -0.208 e. The molecule has 0 aliphatic heterocycles. The van der Waals surface area contributed by atoms with E-state index in [1.165, 1.54) is 21.9 Å². The van der Waals surface area contributed by atoms with Gasteiger partial charge in [0, 0.05) is 16.7 Å². The minimum absolute atomic E-state index is 0.636. The zero-order chi connectivity index (χ0) is 35.5. The van der Waals surface area contributed by atoms with Crippen LogP contribution in [0.5, 0.6) is 0 Å². The fourth-order valence-corrected chi connectivity index (χ4v) is 7.72. The van der Waals surface area contributed by atoms with Crippen LogP contribution in [0.15, 0.2) is 182 Å². The second kappa shape index (κ2) is 14.2. The Kier molecular flexibility index (Phi) is 8.98. The van der Waals surface area contributed by atoms with Crippen molar-refractivity contribution in [2.45, 2.75) is 19.6 Å². The van der Waals surface area contributed by atoms with Crippen molar-refractivity contribution in [2.24, 2.45) is 0 Å². The number of hydrogen-bond acceptors (Lipinski definition) is 3. The number of rotatable bonds is 8. The number of aromatic nitrogens is 3. The highest BCUT2D eigenvalue weighted by atomic mass is 28.3. The molecule has 1 heterocycles. The molecule has 8 rings (SSSR count). The summed E-state index contributed by atoms with van der Waals surface area (Å²) in [7, 11) is -1.36. The molecule has 0 saturated carbocycles. The van der Waals surface area contributed by atoms with Crippen LogP contribution in [0.2, 0.25) is 19.6 Å². The van der Waals surface area contributed by atoms with E-state index in [1.807, 2.05) is 12.1 Å². The Balaban J connectivity index is 1.19. The summed E-state index contributed by atoms with van der Waals surface area (Å²) >= 11 is 0. The molecule has 3 nitrogen and oxygen atoms in total. The topological polar surface area (TPSA) is 38.7 Å². The van der Waals surface area contributed by atoms with Gasteiger partial charge < -0.3 is 0 Å². The predicted molar refractivity (Wildman–Crippen MR) is 221 cm³/mol. The molecule has 0 amide bonds. The zero-order valence-corrected chi connectivity index (χ0v) is 30.7. The van der Waals surface area contributed by atoms with Crippen molar-refractivity contribution < 1.29 is 0 Å². The maximum Gasteiger partial charge on any atom is 0.164 e. The molecule has 52 heavy (non-hydrogen) atoms. The second-order valence-corrected chi connectivity index (χ2v) is 19.3. The Bertz CT molecular complexity index is 2470. The van der Waals surface area contributed by atoms with Crippen LogP contribution in [0.3, 0.4) is 0 Å². The predicted octanol–water partition coefficient (Wildman–Crippen LogP) is 12.1. The van der Waals surface area contributed by atoms with Gasteiger partial charge in [-0.1, -0.05) is 189 Å². The van der Waals surface area contributed by atoms with Gasteiger partial charge >= 0.3 is 0 Å². The van der Waals surface area contributed by atoms with Crippen LogP contribution in [0, 0.1) is 0 Å². The summed E-state index contributed by atoms with van der Waals surface area (Å²) in [5.41, 5.74) is 12.1. The van der Waals surface area contributed by atoms with Gasteiger partial charge in [0.1, 0.15) is 0 Å². The van der Waals surface area contributed by atoms with E-state index < -0.39 is 8.07 Å². The highest BCUT2D eigenvalue weighted by Crippen LogP contribution is 2.32. The molecule has 0 atom stereocenters. The van der Waals surface area contributed by atoms with E-state index in [1.54, 1.807) is 0 Å². The highest BCUT2D eigenvalue weighted by Gasteiger charge is 2.17. The van der Waals surface area contributed by atoms with Gasteiger partial charge in [-0.3, -0.25) is 0 Å². The molecule has 0 bridgehead atoms. The van der Waals surface area contributed by atoms with Crippen LogP contribution < -0.4 is 5.19 Å². The van der Waals surface area contributed by atoms with Gasteiger partial charge in [0.15, 0.2) is 17.5 Å². The van der Waals surface area contributed by atoms with Gasteiger partial charge in [-0.25, -0.2) is 15.0 Å². The van der Waals surface area contributed by atoms with Crippen LogP contribution in [0.4, 0.5) is 0 Å². The summed E-state index contributed by atoms with van der Waals surface area (Å²) in [6.45, 7) is 7.16. The molecular weight excluding hydrogens is 647 g/mol. The second-order valence-electron chi connectivity index (χ2n) is 14.2. The van der Waals surface area contributed by atoms with Crippen LogP contribution in [0.1, 0.15) is 0 Å². The molecule has 0 spiro atoms. The summed E-state index contributed by atoms with van der Waals surface area (Å²) in [4.78, 5) is 15.3. The van der Waals surface area contributed by atoms with Crippen molar-refractivity contribution in [3.8, 4) is 78.7 Å². The maximum atomic E-state index is 5.11. The van der Waals surface area contributed by atoms with Gasteiger partial charge in [0.05, 0.1) is 8.07 Å². The molecule has 0 radical (unpaired) electrons. The highest BCUT2D eigenvalue weighted by molar-refractivity contribution is 6.88. The third kappa shape index (κ3) is 7.16. The molecule has 0 fully saturated rings. The first-order valence-corrected chi connectivity index (χ1v) is 21.3. The normalized spacial score (nSPS) is 11.4. The third-order valence-electron chi connectivity index (χ3n) is 9.51. The molecule has 7 aromatic carbocycles. The van der Waals surface area contributed by atoms with Crippen molar-refractivity contribution in [2.75, 3.05) is 0 Å². The average molecular weight is 686 g/mol. The van der Waals surface area contributed by atoms with Gasteiger partial charge in [0.2, 0.25) is 0 Å². The quantitative estimate of drug-likeness (QED) is 0.149. The van der Waals surface area contributed by atoms with Gasteiger partial charge in [-0.05, 0) is 62.7 Å². The summed E-state index contributed by atoms with van der Waals surface area (Å²) in [6.07, 6.45) is 0. The SMILES string of the molecule is C[Si](C)(C)c1ccc(-c2cccc(-c3cccc(-c4nc(-c5ccc(-c6ccccc6)cc5)nc(-c5cccc(-c6ccccc6)c5)n4)c3)c2)cc1. The van der Waals surface area contributed by atoms with E-state index in [4.69, 9.17) is 15.0 Å². The summed E-state index contributed by atoms with van der Waals surface area (Å²) in [6, 6.07) is 64.2. The lowest BCUT2D eigenvalue weighted by Crippen LogP contribution is -2.37. The fourth-order valence-electron chi connectivity index (χ4n) is 6.55. The van der Waals surface area contributed by atoms with Crippen molar-refractivity contribution in [3.05, 3.63) is 182 Å². The van der Waals surface area contributed by atoms with Crippen molar-refractivity contribution in [1.29, 1.82) is 0 Å². The maximum absolute atomic E-state index is 5.11. The molecule has 8 aromatic rings. The molecular formula is C48H39N3Si. The van der Waals surface area contributed by atoms with Crippen LogP contribution >= 0.6 is 0 Å². The molecule has 0 N–H and O–H groups in total. The smallest absolute Gasteiger partial charge is 0.164 e. The number of nitrogens with zero attached hydrogens (tertiary/aromatic N) is 3. The average Bonchev–Trinajstić information content (AvgIpc) is 3.21. The fraction of sp³-hybridized carbons (Fsp3) is 0.0625. The monoisotopic (exact) mass is 685 g/mol. The van der Waals surface area contributed by atoms with Gasteiger partial charge in [-0.2, -0.15) is 0 Å². The van der Waals surface area contributed by atoms with Crippen molar-refractivity contribution in [1.82, 2.24) is 15.0 Å². The third-order valence-corrected chi connectivity index (χ3v) is 11.6. The first kappa shape index (κ1) is 32.9. The van der Waals surface area contributed by atoms with Gasteiger partial charge in [-0.15, -0.1) is 0 Å². The Morgan fingerprint density at radius 3 is 1.02 bits per heavy atom. The Morgan fingerprint density at radius 1 is 0.269 bits per heavy atom. The van der Waals surface area contributed by atoms with E-state index in [0.29, 0.717) is 17.5 Å². The molecule has 0 aliphatic rings. The van der Waals surface area contributed by atoms with Crippen molar-refractivity contribution in [3.63, 3.8) is 0 Å². The minimum atomic E-state index is -1.36. The molecule has 1 aromatic heterocycles. The number of hydrogen-bond donors (Lipinski definition) is 0. The summed E-state index contributed by atoms with van der Waals surface area (Å²) in [5, 5.41) is 1.47.